The van der Waals surface area contributed by atoms with Crippen LogP contribution in [0.25, 0.3) is 0 Å². The minimum Gasteiger partial charge on any atom is -0.465 e. The molecule has 2 rings (SSSR count). The van der Waals surface area contributed by atoms with Gasteiger partial charge in [-0.15, -0.1) is 0 Å². The zero-order valence-corrected chi connectivity index (χ0v) is 10.5. The van der Waals surface area contributed by atoms with Crippen LogP contribution in [0, 0.1) is 0 Å². The third-order valence-corrected chi connectivity index (χ3v) is 1.60. The predicted octanol–water partition coefficient (Wildman–Crippen LogP) is 2.13. The van der Waals surface area contributed by atoms with Crippen LogP contribution in [-0.4, -0.2) is 0 Å². The summed E-state index contributed by atoms with van der Waals surface area (Å²) in [6.07, 6.45) is 4.75. The quantitative estimate of drug-likeness (QED) is 0.630. The van der Waals surface area contributed by atoms with Gasteiger partial charge in [-0.05, 0) is 24.1 Å². The fourth-order valence-electron chi connectivity index (χ4n) is 1.08. The van der Waals surface area contributed by atoms with Crippen molar-refractivity contribution in [1.82, 2.24) is 0 Å². The van der Waals surface area contributed by atoms with Crippen LogP contribution in [-0.2, 0) is 45.9 Å². The molecule has 1 aromatic carbocycles. The summed E-state index contributed by atoms with van der Waals surface area (Å²) in [4.78, 5) is 0. The van der Waals surface area contributed by atoms with Crippen molar-refractivity contribution in [2.75, 3.05) is 0 Å². The molecule has 1 heterocycles. The molecule has 12 heavy (non-hydrogen) atoms. The number of rotatable bonds is 0. The van der Waals surface area contributed by atoms with Crippen LogP contribution in [0.5, 0.6) is 5.75 Å². The Morgan fingerprint density at radius 3 is 2.67 bits per heavy atom. The van der Waals surface area contributed by atoms with Crippen molar-refractivity contribution in [3.8, 4) is 5.75 Å². The third-order valence-electron chi connectivity index (χ3n) is 1.60. The number of hydrogen-bond donors (Lipinski definition) is 0. The van der Waals surface area contributed by atoms with Crippen LogP contribution in [0.2, 0.25) is 0 Å². The minimum absolute atomic E-state index is 0. The van der Waals surface area contributed by atoms with Gasteiger partial charge in [0.15, 0.2) is 0 Å². The maximum Gasteiger partial charge on any atom is 0.130 e. The monoisotopic (exact) mass is 376 g/mol. The van der Waals surface area contributed by atoms with E-state index in [1.54, 1.807) is 6.26 Å². The minimum atomic E-state index is 0. The second-order valence-electron chi connectivity index (χ2n) is 2.30. The van der Waals surface area contributed by atoms with E-state index < -0.39 is 0 Å². The Morgan fingerprint density at radius 2 is 1.92 bits per heavy atom. The van der Waals surface area contributed by atoms with Gasteiger partial charge in [-0.25, -0.2) is 0 Å². The van der Waals surface area contributed by atoms with Crippen molar-refractivity contribution in [2.45, 2.75) is 6.42 Å². The molecule has 0 bridgehead atoms. The molecular weight excluding hydrogens is 369 g/mol. The zero-order valence-electron chi connectivity index (χ0n) is 6.33. The van der Waals surface area contributed by atoms with Crippen molar-refractivity contribution in [3.05, 3.63) is 42.2 Å². The van der Waals surface area contributed by atoms with Gasteiger partial charge in [0.05, 0.1) is 6.26 Å². The molecule has 0 aliphatic carbocycles. The van der Waals surface area contributed by atoms with Crippen LogP contribution in [0.4, 0.5) is 0 Å². The molecule has 0 aromatic heterocycles. The van der Waals surface area contributed by atoms with Crippen molar-refractivity contribution in [2.24, 2.45) is 0 Å². The summed E-state index contributed by atoms with van der Waals surface area (Å²) in [7, 11) is 0. The first-order valence-electron chi connectivity index (χ1n) is 3.36. The van der Waals surface area contributed by atoms with Gasteiger partial charge in [0.2, 0.25) is 0 Å². The molecule has 66 valence electrons. The van der Waals surface area contributed by atoms with Crippen LogP contribution in [0.1, 0.15) is 5.56 Å². The Labute approximate surface area is 98.2 Å². The summed E-state index contributed by atoms with van der Waals surface area (Å²) in [5.74, 6) is 0.991. The molecule has 0 saturated heterocycles. The molecule has 1 aliphatic heterocycles. The number of hydrogen-bond acceptors (Lipinski definition) is 1. The molecule has 1 nitrogen and oxygen atoms in total. The molecular formula is C9H8CuOTa. The van der Waals surface area contributed by atoms with Gasteiger partial charge >= 0.3 is 0 Å². The molecule has 0 unspecified atom stereocenters. The van der Waals surface area contributed by atoms with Gasteiger partial charge in [0.25, 0.3) is 0 Å². The molecule has 0 saturated carbocycles. The van der Waals surface area contributed by atoms with E-state index in [0.29, 0.717) is 0 Å². The Kier molecular flexibility index (Phi) is 5.64. The van der Waals surface area contributed by atoms with Crippen LogP contribution in [0.15, 0.2) is 36.6 Å². The second-order valence-corrected chi connectivity index (χ2v) is 2.30. The standard InChI is InChI=1S/C9H8O.Cu.Ta/c1-2-6-9-8(4-1)5-3-7-10-9;;/h1-4,6-7H,5H2;;. The molecule has 0 amide bonds. The fraction of sp³-hybridized carbons (Fsp3) is 0.111. The van der Waals surface area contributed by atoms with E-state index in [1.807, 2.05) is 24.3 Å². The van der Waals surface area contributed by atoms with Gasteiger partial charge in [0, 0.05) is 39.4 Å². The molecule has 0 spiro atoms. The smallest absolute Gasteiger partial charge is 0.130 e. The van der Waals surface area contributed by atoms with Gasteiger partial charge in [0.1, 0.15) is 5.75 Å². The maximum absolute atomic E-state index is 5.24. The Morgan fingerprint density at radius 1 is 1.17 bits per heavy atom. The van der Waals surface area contributed by atoms with Crippen molar-refractivity contribution < 1.29 is 44.2 Å². The Balaban J connectivity index is 0.000000605. The number of para-hydroxylation sites is 1. The topological polar surface area (TPSA) is 9.23 Å². The zero-order chi connectivity index (χ0) is 6.81. The first-order chi connectivity index (χ1) is 4.97. The molecule has 0 atom stereocenters. The van der Waals surface area contributed by atoms with Gasteiger partial charge < -0.3 is 4.74 Å². The van der Waals surface area contributed by atoms with Crippen molar-refractivity contribution in [3.63, 3.8) is 0 Å². The average Bonchev–Trinajstić information content (AvgIpc) is 2.05. The third kappa shape index (κ3) is 2.51. The number of allylic oxidation sites excluding steroid dienone is 1. The van der Waals surface area contributed by atoms with Gasteiger partial charge in [-0.3, -0.25) is 0 Å². The molecule has 1 aliphatic rings. The van der Waals surface area contributed by atoms with E-state index in [-0.39, 0.29) is 39.4 Å². The maximum atomic E-state index is 5.24. The van der Waals surface area contributed by atoms with Crippen molar-refractivity contribution >= 4 is 0 Å². The summed E-state index contributed by atoms with van der Waals surface area (Å²) in [6, 6.07) is 8.08. The second kappa shape index (κ2) is 5.63. The summed E-state index contributed by atoms with van der Waals surface area (Å²) < 4.78 is 5.24. The van der Waals surface area contributed by atoms with E-state index in [0.717, 1.165) is 12.2 Å². The largest absolute Gasteiger partial charge is 0.465 e. The predicted molar refractivity (Wildman–Crippen MR) is 39.9 cm³/mol. The summed E-state index contributed by atoms with van der Waals surface area (Å²) in [5, 5.41) is 0. The van der Waals surface area contributed by atoms with E-state index in [4.69, 9.17) is 4.74 Å². The molecule has 2 radical (unpaired) electrons. The molecule has 0 N–H and O–H groups in total. The van der Waals surface area contributed by atoms with E-state index >= 15 is 0 Å². The number of fused-ring (bicyclic) bond motifs is 1. The van der Waals surface area contributed by atoms with E-state index in [9.17, 15) is 0 Å². The SMILES string of the molecule is C1=COc2ccccc2C1.[Cu].[Ta]. The van der Waals surface area contributed by atoms with Crippen molar-refractivity contribution in [1.29, 1.82) is 0 Å². The molecule has 0 fully saturated rings. The van der Waals surface area contributed by atoms with Crippen LogP contribution < -0.4 is 4.74 Å². The van der Waals surface area contributed by atoms with Gasteiger partial charge in [-0.1, -0.05) is 18.2 Å². The molecule has 3 heteroatoms. The Hall–Kier alpha value is 0.0197. The summed E-state index contributed by atoms with van der Waals surface area (Å²) >= 11 is 0. The van der Waals surface area contributed by atoms with E-state index in [2.05, 4.69) is 6.07 Å². The van der Waals surface area contributed by atoms with Crippen LogP contribution >= 0.6 is 0 Å². The summed E-state index contributed by atoms with van der Waals surface area (Å²) in [5.41, 5.74) is 1.27. The molecule has 1 aromatic rings. The number of benzene rings is 1. The summed E-state index contributed by atoms with van der Waals surface area (Å²) in [6.45, 7) is 0. The first kappa shape index (κ1) is 12.0. The van der Waals surface area contributed by atoms with Gasteiger partial charge in [-0.2, -0.15) is 0 Å². The van der Waals surface area contributed by atoms with E-state index in [1.165, 1.54) is 5.56 Å². The van der Waals surface area contributed by atoms with Crippen LogP contribution in [0.3, 0.4) is 0 Å². The average molecular weight is 377 g/mol. The normalized spacial score (nSPS) is 11.7. The first-order valence-corrected chi connectivity index (χ1v) is 3.36. The Bertz CT molecular complexity index is 246. The fourth-order valence-corrected chi connectivity index (χ4v) is 1.08. The number of ether oxygens (including phenoxy) is 1.